The quantitative estimate of drug-likeness (QED) is 0.447. The van der Waals surface area contributed by atoms with E-state index >= 15 is 0 Å². The molecule has 6 heteroatoms. The molecule has 0 amide bonds. The van der Waals surface area contributed by atoms with E-state index in [2.05, 4.69) is 14.9 Å². The van der Waals surface area contributed by atoms with E-state index in [1.54, 1.807) is 6.92 Å². The van der Waals surface area contributed by atoms with E-state index in [-0.39, 0.29) is 5.97 Å². The molecule has 0 saturated carbocycles. The van der Waals surface area contributed by atoms with E-state index in [1.807, 2.05) is 13.0 Å². The third-order valence-corrected chi connectivity index (χ3v) is 2.62. The predicted molar refractivity (Wildman–Crippen MR) is 60.1 cm³/mol. The van der Waals surface area contributed by atoms with Crippen LogP contribution in [0.15, 0.2) is 21.3 Å². The lowest BCUT2D eigenvalue weighted by molar-refractivity contribution is -0.136. The fourth-order valence-electron chi connectivity index (χ4n) is 1.05. The van der Waals surface area contributed by atoms with Gasteiger partial charge in [0.05, 0.1) is 7.11 Å². The summed E-state index contributed by atoms with van der Waals surface area (Å²) < 4.78 is 9.82. The number of carbonyl (C=O) groups is 1. The molecular weight excluding hydrogens is 228 g/mol. The van der Waals surface area contributed by atoms with Gasteiger partial charge in [-0.3, -0.25) is 0 Å². The smallest absolute Gasteiger partial charge is 0.333 e. The summed E-state index contributed by atoms with van der Waals surface area (Å²) in [5, 5.41) is 8.05. The van der Waals surface area contributed by atoms with Crippen LogP contribution in [-0.2, 0) is 9.53 Å². The molecule has 0 saturated heterocycles. The summed E-state index contributed by atoms with van der Waals surface area (Å²) in [5.41, 5.74) is 0.659. The minimum absolute atomic E-state index is 0.287. The summed E-state index contributed by atoms with van der Waals surface area (Å²) in [6.07, 6.45) is 2.46. The standard InChI is InChI=1S/C10H14N2O3S/c1-4-8(9(13)14-3)5-6-16-10-12-11-7(2)15-10/h5H,4,6H2,1-3H3. The first-order chi connectivity index (χ1) is 7.67. The van der Waals surface area contributed by atoms with Crippen molar-refractivity contribution in [3.8, 4) is 0 Å². The number of hydrogen-bond acceptors (Lipinski definition) is 6. The summed E-state index contributed by atoms with van der Waals surface area (Å²) in [6.45, 7) is 3.64. The van der Waals surface area contributed by atoms with E-state index in [0.29, 0.717) is 28.9 Å². The molecule has 0 N–H and O–H groups in total. The zero-order valence-electron chi connectivity index (χ0n) is 9.52. The van der Waals surface area contributed by atoms with Gasteiger partial charge in [0.1, 0.15) is 0 Å². The molecule has 0 fully saturated rings. The predicted octanol–water partition coefficient (Wildman–Crippen LogP) is 1.98. The minimum Gasteiger partial charge on any atom is -0.466 e. The first-order valence-corrected chi connectivity index (χ1v) is 5.86. The van der Waals surface area contributed by atoms with Crippen molar-refractivity contribution < 1.29 is 13.9 Å². The lowest BCUT2D eigenvalue weighted by Gasteiger charge is -2.00. The van der Waals surface area contributed by atoms with Gasteiger partial charge in [-0.15, -0.1) is 10.2 Å². The molecule has 5 nitrogen and oxygen atoms in total. The molecular formula is C10H14N2O3S. The van der Waals surface area contributed by atoms with E-state index in [9.17, 15) is 4.79 Å². The number of esters is 1. The minimum atomic E-state index is -0.287. The topological polar surface area (TPSA) is 65.2 Å². The normalized spacial score (nSPS) is 11.6. The van der Waals surface area contributed by atoms with E-state index in [0.717, 1.165) is 0 Å². The van der Waals surface area contributed by atoms with Crippen LogP contribution in [0.3, 0.4) is 0 Å². The molecule has 1 aromatic heterocycles. The van der Waals surface area contributed by atoms with Crippen LogP contribution in [0.4, 0.5) is 0 Å². The Kier molecular flexibility index (Phi) is 5.04. The maximum atomic E-state index is 11.2. The largest absolute Gasteiger partial charge is 0.466 e. The Balaban J connectivity index is 2.49. The Labute approximate surface area is 98.3 Å². The van der Waals surface area contributed by atoms with E-state index < -0.39 is 0 Å². The highest BCUT2D eigenvalue weighted by molar-refractivity contribution is 7.99. The molecule has 0 spiro atoms. The van der Waals surface area contributed by atoms with Gasteiger partial charge in [0.15, 0.2) is 0 Å². The molecule has 0 unspecified atom stereocenters. The Bertz CT molecular complexity index is 387. The maximum Gasteiger partial charge on any atom is 0.333 e. The van der Waals surface area contributed by atoms with Crippen LogP contribution in [0.2, 0.25) is 0 Å². The van der Waals surface area contributed by atoms with E-state index in [4.69, 9.17) is 4.42 Å². The average Bonchev–Trinajstić information content (AvgIpc) is 2.69. The van der Waals surface area contributed by atoms with Gasteiger partial charge in [0.25, 0.3) is 5.22 Å². The monoisotopic (exact) mass is 242 g/mol. The number of carbonyl (C=O) groups excluding carboxylic acids is 1. The fraction of sp³-hybridized carbons (Fsp3) is 0.500. The Morgan fingerprint density at radius 3 is 2.81 bits per heavy atom. The number of nitrogens with zero attached hydrogens (tertiary/aromatic N) is 2. The summed E-state index contributed by atoms with van der Waals surface area (Å²) in [5.74, 6) is 0.861. The SMILES string of the molecule is CCC(=CCSc1nnc(C)o1)C(=O)OC. The zero-order valence-corrected chi connectivity index (χ0v) is 10.3. The number of ether oxygens (including phenoxy) is 1. The third-order valence-electron chi connectivity index (χ3n) is 1.87. The summed E-state index contributed by atoms with van der Waals surface area (Å²) in [4.78, 5) is 11.2. The van der Waals surface area contributed by atoms with Crippen molar-refractivity contribution in [1.82, 2.24) is 10.2 Å². The molecule has 0 aliphatic heterocycles. The van der Waals surface area contributed by atoms with Crippen molar-refractivity contribution in [2.75, 3.05) is 12.9 Å². The van der Waals surface area contributed by atoms with Crippen LogP contribution in [0.5, 0.6) is 0 Å². The molecule has 0 aromatic carbocycles. The van der Waals surface area contributed by atoms with Crippen LogP contribution in [-0.4, -0.2) is 29.0 Å². The fourth-order valence-corrected chi connectivity index (χ4v) is 1.76. The van der Waals surface area contributed by atoms with Gasteiger partial charge < -0.3 is 9.15 Å². The molecule has 0 radical (unpaired) electrons. The second-order valence-corrected chi connectivity index (χ2v) is 3.94. The number of aromatic nitrogens is 2. The van der Waals surface area contributed by atoms with Crippen molar-refractivity contribution in [3.05, 3.63) is 17.5 Å². The lowest BCUT2D eigenvalue weighted by Crippen LogP contribution is -2.04. The van der Waals surface area contributed by atoms with Gasteiger partial charge in [0.2, 0.25) is 5.89 Å². The number of rotatable bonds is 5. The van der Waals surface area contributed by atoms with Crippen molar-refractivity contribution in [3.63, 3.8) is 0 Å². The van der Waals surface area contributed by atoms with Crippen LogP contribution in [0, 0.1) is 6.92 Å². The molecule has 0 atom stereocenters. The number of methoxy groups -OCH3 is 1. The Hall–Kier alpha value is -1.30. The van der Waals surface area contributed by atoms with Crippen LogP contribution >= 0.6 is 11.8 Å². The van der Waals surface area contributed by atoms with Gasteiger partial charge in [-0.25, -0.2) is 4.79 Å². The van der Waals surface area contributed by atoms with Crippen LogP contribution in [0.1, 0.15) is 19.2 Å². The molecule has 0 bridgehead atoms. The Morgan fingerprint density at radius 2 is 2.31 bits per heavy atom. The second-order valence-electron chi connectivity index (χ2n) is 2.97. The molecule has 1 heterocycles. The van der Waals surface area contributed by atoms with Gasteiger partial charge in [-0.05, 0) is 6.42 Å². The van der Waals surface area contributed by atoms with Crippen molar-refractivity contribution in [1.29, 1.82) is 0 Å². The molecule has 0 aliphatic carbocycles. The third kappa shape index (κ3) is 3.69. The number of thioether (sulfide) groups is 1. The highest BCUT2D eigenvalue weighted by Crippen LogP contribution is 2.17. The molecule has 0 aliphatic rings. The van der Waals surface area contributed by atoms with Gasteiger partial charge >= 0.3 is 5.97 Å². The second kappa shape index (κ2) is 6.32. The highest BCUT2D eigenvalue weighted by Gasteiger charge is 2.07. The molecule has 16 heavy (non-hydrogen) atoms. The van der Waals surface area contributed by atoms with Crippen molar-refractivity contribution in [2.45, 2.75) is 25.5 Å². The summed E-state index contributed by atoms with van der Waals surface area (Å²) in [6, 6.07) is 0. The summed E-state index contributed by atoms with van der Waals surface area (Å²) in [7, 11) is 1.38. The maximum absolute atomic E-state index is 11.2. The first kappa shape index (κ1) is 12.8. The highest BCUT2D eigenvalue weighted by atomic mass is 32.2. The lowest BCUT2D eigenvalue weighted by atomic mass is 10.2. The number of aryl methyl sites for hydroxylation is 1. The van der Waals surface area contributed by atoms with Crippen molar-refractivity contribution >= 4 is 17.7 Å². The summed E-state index contributed by atoms with van der Waals surface area (Å²) >= 11 is 1.39. The first-order valence-electron chi connectivity index (χ1n) is 4.87. The van der Waals surface area contributed by atoms with Gasteiger partial charge in [-0.2, -0.15) is 0 Å². The molecule has 1 rings (SSSR count). The average molecular weight is 242 g/mol. The van der Waals surface area contributed by atoms with Gasteiger partial charge in [-0.1, -0.05) is 24.8 Å². The molecule has 88 valence electrons. The molecule has 1 aromatic rings. The van der Waals surface area contributed by atoms with Crippen LogP contribution in [0.25, 0.3) is 0 Å². The number of hydrogen-bond donors (Lipinski definition) is 0. The zero-order chi connectivity index (χ0) is 12.0. The van der Waals surface area contributed by atoms with Gasteiger partial charge in [0, 0.05) is 18.2 Å². The van der Waals surface area contributed by atoms with Crippen LogP contribution < -0.4 is 0 Å². The Morgan fingerprint density at radius 1 is 1.56 bits per heavy atom. The van der Waals surface area contributed by atoms with E-state index in [1.165, 1.54) is 18.9 Å². The van der Waals surface area contributed by atoms with Crippen molar-refractivity contribution in [2.24, 2.45) is 0 Å².